The van der Waals surface area contributed by atoms with E-state index in [4.69, 9.17) is 0 Å². The van der Waals surface area contributed by atoms with Crippen molar-refractivity contribution < 1.29 is 0 Å². The summed E-state index contributed by atoms with van der Waals surface area (Å²) in [5, 5.41) is 4.16. The van der Waals surface area contributed by atoms with Crippen LogP contribution in [0.4, 0.5) is 0 Å². The molecule has 0 aromatic rings. The Morgan fingerprint density at radius 2 is 0.731 bits per heavy atom. The highest BCUT2D eigenvalue weighted by atomic mass is 31.1. The predicted octanol–water partition coefficient (Wildman–Crippen LogP) is 9.19. The highest BCUT2D eigenvalue weighted by Gasteiger charge is 2.22. The third-order valence-corrected chi connectivity index (χ3v) is 20.9. The molecule has 0 N–H and O–H groups in total. The molecule has 0 aromatic heterocycles. The Bertz CT molecular complexity index is 301. The van der Waals surface area contributed by atoms with Gasteiger partial charge in [-0.05, 0) is 0 Å². The Morgan fingerprint density at radius 1 is 0.500 bits per heavy atom. The van der Waals surface area contributed by atoms with E-state index in [1.54, 1.807) is 0 Å². The molecular formula is C22H50P2Si2-2. The summed E-state index contributed by atoms with van der Waals surface area (Å²) in [6.07, 6.45) is 14.4. The minimum absolute atomic E-state index is 0.174. The first kappa shape index (κ1) is 27.3. The van der Waals surface area contributed by atoms with Crippen molar-refractivity contribution in [1.82, 2.24) is 0 Å². The van der Waals surface area contributed by atoms with Gasteiger partial charge in [-0.25, -0.2) is 12.8 Å². The lowest BCUT2D eigenvalue weighted by Crippen LogP contribution is -2.35. The summed E-state index contributed by atoms with van der Waals surface area (Å²) >= 11 is 0. The van der Waals surface area contributed by atoms with Gasteiger partial charge in [0.2, 0.25) is 0 Å². The molecule has 0 unspecified atom stereocenters. The molecule has 0 aliphatic heterocycles. The molecule has 0 amide bonds. The van der Waals surface area contributed by atoms with E-state index in [2.05, 4.69) is 77.5 Å². The van der Waals surface area contributed by atoms with Gasteiger partial charge in [-0.2, -0.15) is 0 Å². The third kappa shape index (κ3) is 10.2. The van der Waals surface area contributed by atoms with Crippen molar-refractivity contribution in [2.24, 2.45) is 0 Å². The van der Waals surface area contributed by atoms with Gasteiger partial charge in [0.1, 0.15) is 0 Å². The van der Waals surface area contributed by atoms with E-state index in [0.717, 1.165) is 0 Å². The van der Waals surface area contributed by atoms with Crippen molar-refractivity contribution in [3.63, 3.8) is 0 Å². The highest BCUT2D eigenvalue weighted by molar-refractivity contribution is 7.65. The molecule has 0 aliphatic rings. The Balaban J connectivity index is 5.38. The molecule has 0 spiro atoms. The van der Waals surface area contributed by atoms with Crippen LogP contribution in [0.1, 0.15) is 66.2 Å². The van der Waals surface area contributed by atoms with Gasteiger partial charge >= 0.3 is 0 Å². The minimum atomic E-state index is -1.17. The maximum atomic E-state index is 2.62. The first-order valence-corrected chi connectivity index (χ1v) is 21.7. The van der Waals surface area contributed by atoms with Crippen LogP contribution in [-0.2, 0) is 0 Å². The van der Waals surface area contributed by atoms with Crippen molar-refractivity contribution in [1.29, 1.82) is 0 Å². The van der Waals surface area contributed by atoms with Crippen molar-refractivity contribution in [3.05, 3.63) is 10.6 Å². The van der Waals surface area contributed by atoms with Crippen LogP contribution in [0.5, 0.6) is 0 Å². The van der Waals surface area contributed by atoms with E-state index in [0.29, 0.717) is 0 Å². The zero-order valence-electron chi connectivity index (χ0n) is 20.0. The summed E-state index contributed by atoms with van der Waals surface area (Å²) < 4.78 is 0. The van der Waals surface area contributed by atoms with Crippen molar-refractivity contribution >= 4 is 32.0 Å². The lowest BCUT2D eigenvalue weighted by atomic mass is 10.4. The molecule has 0 saturated carbocycles. The molecule has 0 fully saturated rings. The maximum Gasteiger partial charge on any atom is -0.0546 e. The third-order valence-electron chi connectivity index (χ3n) is 5.07. The normalized spacial score (nSPS) is 13.6. The standard InChI is InChI=1S/C22H50P2Si2/c1-11-17-23(18-12-2)21(25(5,6)7)15-16-22(26(8,9)10)24(19-13-3)20-14-4/h11-20H2,1-10H3/q-2. The van der Waals surface area contributed by atoms with Crippen LogP contribution in [0.2, 0.25) is 39.3 Å². The summed E-state index contributed by atoms with van der Waals surface area (Å²) in [6, 6.07) is 0. The molecule has 0 bridgehead atoms. The van der Waals surface area contributed by atoms with Gasteiger partial charge in [-0.1, -0.05) is 133 Å². The fourth-order valence-electron chi connectivity index (χ4n) is 4.09. The number of hydrogen-bond donors (Lipinski definition) is 0. The molecule has 0 atom stereocenters. The second-order valence-electron chi connectivity index (χ2n) is 9.87. The lowest BCUT2D eigenvalue weighted by molar-refractivity contribution is 0.921. The smallest absolute Gasteiger partial charge is 0.0546 e. The van der Waals surface area contributed by atoms with Crippen LogP contribution in [0.15, 0.2) is 0 Å². The van der Waals surface area contributed by atoms with E-state index in [-0.39, 0.29) is 15.8 Å². The monoisotopic (exact) mass is 432 g/mol. The quantitative estimate of drug-likeness (QED) is 0.137. The zero-order chi connectivity index (χ0) is 20.4. The Labute approximate surface area is 172 Å². The number of hydrogen-bond acceptors (Lipinski definition) is 0. The van der Waals surface area contributed by atoms with E-state index in [1.807, 2.05) is 0 Å². The molecule has 0 nitrogen and oxygen atoms in total. The Morgan fingerprint density at radius 3 is 0.885 bits per heavy atom. The molecule has 0 rings (SSSR count). The summed E-state index contributed by atoms with van der Waals surface area (Å²) in [6.45, 7) is 25.3. The SMILES string of the molecule is CCCP(CCC)[C-](CC[C-](P(CCC)CCC)[Si](C)(C)C)[Si](C)(C)C. The van der Waals surface area contributed by atoms with Crippen LogP contribution in [0.3, 0.4) is 0 Å². The first-order valence-electron chi connectivity index (χ1n) is 11.2. The van der Waals surface area contributed by atoms with E-state index < -0.39 is 16.1 Å². The Kier molecular flexibility index (Phi) is 14.2. The van der Waals surface area contributed by atoms with E-state index in [9.17, 15) is 0 Å². The van der Waals surface area contributed by atoms with Gasteiger partial charge in [0.25, 0.3) is 0 Å². The van der Waals surface area contributed by atoms with Crippen molar-refractivity contribution in [2.45, 2.75) is 106 Å². The summed E-state index contributed by atoms with van der Waals surface area (Å²) in [4.78, 5) is 0. The molecular weight excluding hydrogens is 382 g/mol. The summed E-state index contributed by atoms with van der Waals surface area (Å²) in [5.74, 6) is 0. The fourth-order valence-corrected chi connectivity index (χ4v) is 19.3. The minimum Gasteiger partial charge on any atom is -0.289 e. The molecule has 0 heterocycles. The zero-order valence-corrected chi connectivity index (χ0v) is 23.8. The average molecular weight is 433 g/mol. The predicted molar refractivity (Wildman–Crippen MR) is 137 cm³/mol. The van der Waals surface area contributed by atoms with Crippen LogP contribution in [0.25, 0.3) is 0 Å². The molecule has 4 heteroatoms. The average Bonchev–Trinajstić information content (AvgIpc) is 2.49. The highest BCUT2D eigenvalue weighted by Crippen LogP contribution is 2.59. The summed E-state index contributed by atoms with van der Waals surface area (Å²) in [5.41, 5.74) is 0. The second kappa shape index (κ2) is 13.5. The van der Waals surface area contributed by atoms with E-state index in [1.165, 1.54) is 63.2 Å². The van der Waals surface area contributed by atoms with Gasteiger partial charge in [-0.15, -0.1) is 0 Å². The molecule has 0 aliphatic carbocycles. The number of rotatable bonds is 15. The fraction of sp³-hybridized carbons (Fsp3) is 0.909. The second-order valence-corrected chi connectivity index (χ2v) is 25.9. The van der Waals surface area contributed by atoms with Crippen molar-refractivity contribution in [2.75, 3.05) is 24.6 Å². The van der Waals surface area contributed by atoms with Crippen molar-refractivity contribution in [3.8, 4) is 0 Å². The van der Waals surface area contributed by atoms with Gasteiger partial charge in [-0.3, -0.25) is 26.4 Å². The molecule has 26 heavy (non-hydrogen) atoms. The van der Waals surface area contributed by atoms with Crippen LogP contribution in [0, 0.1) is 10.6 Å². The largest absolute Gasteiger partial charge is 0.289 e. The summed E-state index contributed by atoms with van der Waals surface area (Å²) in [7, 11) is -1.99. The topological polar surface area (TPSA) is 0 Å². The molecule has 0 aromatic carbocycles. The Hall–Kier alpha value is 1.29. The lowest BCUT2D eigenvalue weighted by Gasteiger charge is -2.57. The van der Waals surface area contributed by atoms with Gasteiger partial charge < -0.3 is 0 Å². The van der Waals surface area contributed by atoms with E-state index >= 15 is 0 Å². The molecule has 0 saturated heterocycles. The van der Waals surface area contributed by atoms with Gasteiger partial charge in [0.15, 0.2) is 0 Å². The maximum absolute atomic E-state index is 2.62. The van der Waals surface area contributed by atoms with Gasteiger partial charge in [0.05, 0.1) is 0 Å². The molecule has 158 valence electrons. The molecule has 0 radical (unpaired) electrons. The van der Waals surface area contributed by atoms with Crippen LogP contribution in [-0.4, -0.2) is 40.8 Å². The van der Waals surface area contributed by atoms with Gasteiger partial charge in [0, 0.05) is 0 Å². The first-order chi connectivity index (χ1) is 12.0. The van der Waals surface area contributed by atoms with Crippen LogP contribution >= 0.6 is 15.8 Å². The van der Waals surface area contributed by atoms with Crippen LogP contribution < -0.4 is 0 Å².